The Hall–Kier alpha value is -3.72. The Balaban J connectivity index is 1.35. The molecule has 4 rings (SSSR count). The van der Waals surface area contributed by atoms with E-state index in [0.717, 1.165) is 36.2 Å². The summed E-state index contributed by atoms with van der Waals surface area (Å²) in [7, 11) is 0. The molecule has 0 spiro atoms. The summed E-state index contributed by atoms with van der Waals surface area (Å²) < 4.78 is 11.6. The van der Waals surface area contributed by atoms with Crippen LogP contribution in [0.4, 0.5) is 0 Å². The van der Waals surface area contributed by atoms with Crippen LogP contribution in [0.3, 0.4) is 0 Å². The number of hydrogen-bond donors (Lipinski definition) is 2. The van der Waals surface area contributed by atoms with E-state index in [0.29, 0.717) is 11.6 Å². The van der Waals surface area contributed by atoms with Gasteiger partial charge in [-0.25, -0.2) is 10.7 Å². The zero-order chi connectivity index (χ0) is 27.8. The van der Waals surface area contributed by atoms with Crippen molar-refractivity contribution in [3.8, 4) is 5.75 Å². The first kappa shape index (κ1) is 28.3. The van der Waals surface area contributed by atoms with E-state index in [9.17, 15) is 4.79 Å². The Kier molecular flexibility index (Phi) is 9.35. The first-order chi connectivity index (χ1) is 18.7. The van der Waals surface area contributed by atoms with E-state index in [-0.39, 0.29) is 18.2 Å². The summed E-state index contributed by atoms with van der Waals surface area (Å²) in [5, 5.41) is 0. The van der Waals surface area contributed by atoms with Gasteiger partial charge >= 0.3 is 5.97 Å². The Morgan fingerprint density at radius 1 is 0.974 bits per heavy atom. The van der Waals surface area contributed by atoms with Gasteiger partial charge in [-0.15, -0.1) is 0 Å². The Labute approximate surface area is 230 Å². The predicted octanol–water partition coefficient (Wildman–Crippen LogP) is 4.24. The van der Waals surface area contributed by atoms with E-state index in [1.165, 1.54) is 0 Å². The minimum Gasteiger partial charge on any atom is -0.490 e. The van der Waals surface area contributed by atoms with Gasteiger partial charge in [0.25, 0.3) is 0 Å². The number of amidine groups is 1. The van der Waals surface area contributed by atoms with Gasteiger partial charge in [0.1, 0.15) is 18.2 Å². The maximum atomic E-state index is 13.0. The van der Waals surface area contributed by atoms with Gasteiger partial charge in [0.2, 0.25) is 6.10 Å². The molecule has 0 radical (unpaired) electrons. The van der Waals surface area contributed by atoms with Gasteiger partial charge in [0.05, 0.1) is 6.04 Å². The van der Waals surface area contributed by atoms with E-state index in [2.05, 4.69) is 25.7 Å². The van der Waals surface area contributed by atoms with Crippen LogP contribution in [0.25, 0.3) is 0 Å². The molecule has 3 aromatic rings. The second-order valence-electron chi connectivity index (χ2n) is 10.7. The lowest BCUT2D eigenvalue weighted by atomic mass is 10.0. The summed E-state index contributed by atoms with van der Waals surface area (Å²) in [6.07, 6.45) is -0.723. The topological polar surface area (TPSA) is 112 Å². The number of ether oxygens (including phenoxy) is 2. The Morgan fingerprint density at radius 2 is 1.56 bits per heavy atom. The number of rotatable bonds is 10. The molecule has 2 atom stereocenters. The molecule has 1 aliphatic rings. The number of nitrogens with zero attached hydrogens (tertiary/aromatic N) is 2. The van der Waals surface area contributed by atoms with E-state index in [1.54, 1.807) is 12.1 Å². The van der Waals surface area contributed by atoms with Crippen molar-refractivity contribution in [2.75, 3.05) is 19.7 Å². The third kappa shape index (κ3) is 7.66. The highest BCUT2D eigenvalue weighted by Gasteiger charge is 2.30. The smallest absolute Gasteiger partial charge is 0.341 e. The fourth-order valence-corrected chi connectivity index (χ4v) is 4.56. The number of carbonyl (C=O) groups excluding carboxylic acids is 1. The molecule has 0 unspecified atom stereocenters. The van der Waals surface area contributed by atoms with Gasteiger partial charge in [-0.2, -0.15) is 0 Å². The van der Waals surface area contributed by atoms with Crippen molar-refractivity contribution in [1.29, 1.82) is 0 Å². The highest BCUT2D eigenvalue weighted by molar-refractivity contribution is 5.97. The number of hydrogen-bond acceptors (Lipinski definition) is 7. The maximum absolute atomic E-state index is 13.0. The molecule has 1 aliphatic heterocycles. The van der Waals surface area contributed by atoms with Crippen molar-refractivity contribution in [2.24, 2.45) is 16.6 Å². The quantitative estimate of drug-likeness (QED) is 0.175. The summed E-state index contributed by atoms with van der Waals surface area (Å²) >= 11 is 0. The third-order valence-corrected chi connectivity index (χ3v) is 6.85. The molecule has 1 saturated heterocycles. The second kappa shape index (κ2) is 12.9. The molecule has 8 nitrogen and oxygen atoms in total. The summed E-state index contributed by atoms with van der Waals surface area (Å²) in [6, 6.07) is 26.5. The highest BCUT2D eigenvalue weighted by Crippen LogP contribution is 2.27. The first-order valence-corrected chi connectivity index (χ1v) is 13.2. The van der Waals surface area contributed by atoms with E-state index in [4.69, 9.17) is 30.9 Å². The number of nitrogens with two attached hydrogens (primary N) is 2. The molecule has 0 aliphatic carbocycles. The fourth-order valence-electron chi connectivity index (χ4n) is 4.56. The predicted molar refractivity (Wildman–Crippen MR) is 152 cm³/mol. The normalized spacial score (nSPS) is 17.3. The largest absolute Gasteiger partial charge is 0.490 e. The van der Waals surface area contributed by atoms with Gasteiger partial charge in [0, 0.05) is 24.2 Å². The summed E-state index contributed by atoms with van der Waals surface area (Å²) in [6.45, 7) is 8.45. The molecule has 0 saturated carbocycles. The van der Waals surface area contributed by atoms with E-state index < -0.39 is 18.2 Å². The van der Waals surface area contributed by atoms with Crippen molar-refractivity contribution < 1.29 is 19.1 Å². The van der Waals surface area contributed by atoms with Crippen LogP contribution >= 0.6 is 0 Å². The zero-order valence-corrected chi connectivity index (χ0v) is 22.8. The lowest BCUT2D eigenvalue weighted by molar-refractivity contribution is -0.163. The van der Waals surface area contributed by atoms with E-state index >= 15 is 0 Å². The monoisotopic (exact) mass is 530 g/mol. The van der Waals surface area contributed by atoms with E-state index in [1.807, 2.05) is 72.8 Å². The average Bonchev–Trinajstić information content (AvgIpc) is 3.42. The van der Waals surface area contributed by atoms with Crippen molar-refractivity contribution in [2.45, 2.75) is 51.0 Å². The molecule has 3 aromatic carbocycles. The Morgan fingerprint density at radius 3 is 2.08 bits per heavy atom. The van der Waals surface area contributed by atoms with Gasteiger partial charge in [0.15, 0.2) is 6.10 Å². The number of esters is 1. The van der Waals surface area contributed by atoms with Gasteiger partial charge in [-0.3, -0.25) is 14.7 Å². The number of aliphatic imine (C=N–C) groups is 1. The van der Waals surface area contributed by atoms with Crippen molar-refractivity contribution in [1.82, 2.24) is 4.90 Å². The summed E-state index contributed by atoms with van der Waals surface area (Å²) in [5.41, 5.74) is 8.92. The van der Waals surface area contributed by atoms with Crippen LogP contribution < -0.4 is 16.4 Å². The molecule has 0 bridgehead atoms. The van der Waals surface area contributed by atoms with Crippen LogP contribution in [0.1, 0.15) is 50.0 Å². The van der Waals surface area contributed by atoms with Crippen LogP contribution in [0, 0.1) is 0 Å². The fraction of sp³-hybridized carbons (Fsp3) is 0.355. The van der Waals surface area contributed by atoms with Crippen molar-refractivity contribution in [3.63, 3.8) is 0 Å². The third-order valence-electron chi connectivity index (χ3n) is 6.85. The molecule has 0 amide bonds. The maximum Gasteiger partial charge on any atom is 0.341 e. The molecule has 1 heterocycles. The van der Waals surface area contributed by atoms with Crippen molar-refractivity contribution >= 4 is 11.8 Å². The molecule has 39 heavy (non-hydrogen) atoms. The van der Waals surface area contributed by atoms with Gasteiger partial charge in [-0.05, 0) is 62.6 Å². The first-order valence-electron chi connectivity index (χ1n) is 13.2. The zero-order valence-electron chi connectivity index (χ0n) is 22.8. The van der Waals surface area contributed by atoms with Gasteiger partial charge < -0.3 is 15.2 Å². The van der Waals surface area contributed by atoms with Crippen molar-refractivity contribution in [3.05, 3.63) is 102 Å². The van der Waals surface area contributed by atoms with Crippen LogP contribution in [-0.2, 0) is 14.4 Å². The van der Waals surface area contributed by atoms with Crippen LogP contribution in [0.15, 0.2) is 89.9 Å². The van der Waals surface area contributed by atoms with Crippen LogP contribution in [-0.4, -0.2) is 54.1 Å². The number of carbonyl (C=O) groups is 1. The minimum atomic E-state index is -1.11. The van der Waals surface area contributed by atoms with Crippen LogP contribution in [0.5, 0.6) is 5.75 Å². The summed E-state index contributed by atoms with van der Waals surface area (Å²) in [5.74, 6) is 5.88. The molecular weight excluding hydrogens is 492 g/mol. The molecule has 4 N–H and O–H groups in total. The second-order valence-corrected chi connectivity index (χ2v) is 10.7. The molecule has 1 fully saturated rings. The molecule has 0 aromatic heterocycles. The average molecular weight is 531 g/mol. The molecular formula is C31H38N4O4. The van der Waals surface area contributed by atoms with Gasteiger partial charge in [-0.1, -0.05) is 60.7 Å². The lowest BCUT2D eigenvalue weighted by Gasteiger charge is -2.31. The highest BCUT2D eigenvalue weighted by atomic mass is 16.7. The minimum absolute atomic E-state index is 0.112. The number of likely N-dealkylation sites (tertiary alicyclic amines) is 1. The molecule has 8 heteroatoms. The lowest BCUT2D eigenvalue weighted by Crippen LogP contribution is -2.39. The Bertz CT molecular complexity index is 1190. The van der Waals surface area contributed by atoms with Crippen LogP contribution in [0.2, 0.25) is 0 Å². The summed E-state index contributed by atoms with van der Waals surface area (Å²) in [4.78, 5) is 25.1. The number of benzene rings is 3. The SMILES string of the molecule is CC(C)(C)N1CC[C@@H](N=C(N)c2ccc(OC[C@H](ON)C(=O)OC(c3ccccc3)c3ccccc3)cc2)C1. The standard InChI is InChI=1S/C31H38N4O4/c1-31(2,3)35-19-18-25(20-35)34-29(32)24-14-16-26(17-15-24)37-21-27(39-33)30(36)38-28(22-10-6-4-7-11-22)23-12-8-5-9-13-23/h4-17,25,27-28H,18-21,33H2,1-3H3,(H2,32,34)/t25-,27+/m1/s1. The molecule has 206 valence electrons.